The van der Waals surface area contributed by atoms with Crippen LogP contribution in [0.5, 0.6) is 0 Å². The van der Waals surface area contributed by atoms with E-state index in [4.69, 9.17) is 0 Å². The van der Waals surface area contributed by atoms with E-state index < -0.39 is 0 Å². The van der Waals surface area contributed by atoms with E-state index in [1.165, 1.54) is 55.4 Å². The Kier molecular flexibility index (Phi) is 6.67. The lowest BCUT2D eigenvalue weighted by atomic mass is 9.35. The second-order valence-electron chi connectivity index (χ2n) is 11.3. The van der Waals surface area contributed by atoms with E-state index >= 15 is 0 Å². The first-order valence-corrected chi connectivity index (χ1v) is 13.8. The second kappa shape index (κ2) is 10.4. The summed E-state index contributed by atoms with van der Waals surface area (Å²) < 4.78 is 0. The fourth-order valence-corrected chi connectivity index (χ4v) is 5.88. The molecule has 0 saturated carbocycles. The lowest BCUT2D eigenvalue weighted by molar-refractivity contribution is 0.590. The minimum absolute atomic E-state index is 0.0919. The van der Waals surface area contributed by atoms with Crippen LogP contribution in [0.4, 0.5) is 0 Å². The molecule has 1 heteroatoms. The molecule has 0 radical (unpaired) electrons. The van der Waals surface area contributed by atoms with Crippen molar-refractivity contribution in [3.63, 3.8) is 0 Å². The van der Waals surface area contributed by atoms with Crippen LogP contribution in [-0.4, -0.2) is 6.71 Å². The fraction of sp³-hybridized carbons (Fsp3) is 0.105. The zero-order chi connectivity index (χ0) is 26.8. The first-order chi connectivity index (χ1) is 19.0. The van der Waals surface area contributed by atoms with Gasteiger partial charge in [0.15, 0.2) is 0 Å². The highest BCUT2D eigenvalue weighted by Crippen LogP contribution is 2.50. The molecule has 6 rings (SSSR count). The maximum Gasteiger partial charge on any atom is 0.244 e. The quantitative estimate of drug-likeness (QED) is 0.211. The van der Waals surface area contributed by atoms with Gasteiger partial charge in [-0.2, -0.15) is 0 Å². The second-order valence-corrected chi connectivity index (χ2v) is 11.3. The summed E-state index contributed by atoms with van der Waals surface area (Å²) >= 11 is 0. The minimum Gasteiger partial charge on any atom is -0.0685 e. The molecule has 0 saturated heterocycles. The number of allylic oxidation sites excluding steroid dienone is 2. The Bertz CT molecular complexity index is 1520. The number of hydrogen-bond acceptors (Lipinski definition) is 0. The largest absolute Gasteiger partial charge is 0.244 e. The van der Waals surface area contributed by atoms with E-state index in [0.29, 0.717) is 0 Å². The standard InChI is InChI=1S/C38H33B/c1-38(2,3)32-24-26-33(27-25-32)39-36(30-20-12-6-13-21-30)34(28-16-8-4-9-17-28)35(29-18-10-5-11-19-29)37(39)31-22-14-7-15-23-31/h4-27H,1-3H3. The van der Waals surface area contributed by atoms with Crippen LogP contribution in [-0.2, 0) is 5.41 Å². The van der Waals surface area contributed by atoms with Crippen molar-refractivity contribution in [1.82, 2.24) is 0 Å². The van der Waals surface area contributed by atoms with Crippen LogP contribution >= 0.6 is 0 Å². The summed E-state index contributed by atoms with van der Waals surface area (Å²) in [6.07, 6.45) is 0. The Morgan fingerprint density at radius 1 is 0.385 bits per heavy atom. The van der Waals surface area contributed by atoms with Crippen molar-refractivity contribution < 1.29 is 0 Å². The molecule has 5 aromatic carbocycles. The Hall–Kier alpha value is -4.36. The van der Waals surface area contributed by atoms with Gasteiger partial charge in [-0.05, 0) is 44.4 Å². The Balaban J connectivity index is 1.73. The molecule has 0 spiro atoms. The van der Waals surface area contributed by atoms with Gasteiger partial charge in [0, 0.05) is 0 Å². The van der Waals surface area contributed by atoms with E-state index in [1.807, 2.05) is 0 Å². The van der Waals surface area contributed by atoms with Gasteiger partial charge in [-0.25, -0.2) is 0 Å². The molecule has 1 aliphatic heterocycles. The maximum absolute atomic E-state index is 2.35. The van der Waals surface area contributed by atoms with E-state index in [0.717, 1.165) is 0 Å². The molecule has 5 aromatic rings. The van der Waals surface area contributed by atoms with Crippen LogP contribution < -0.4 is 5.46 Å². The molecule has 0 fully saturated rings. The van der Waals surface area contributed by atoms with Crippen molar-refractivity contribution in [3.05, 3.63) is 173 Å². The summed E-state index contributed by atoms with van der Waals surface area (Å²) in [6, 6.07) is 53.2. The summed E-state index contributed by atoms with van der Waals surface area (Å²) in [5, 5.41) is 0. The maximum atomic E-state index is 2.35. The number of hydrogen-bond donors (Lipinski definition) is 0. The summed E-state index contributed by atoms with van der Waals surface area (Å²) in [6.45, 7) is 6.93. The molecule has 0 amide bonds. The summed E-state index contributed by atoms with van der Waals surface area (Å²) in [7, 11) is 0. The lowest BCUT2D eigenvalue weighted by Gasteiger charge is -2.22. The minimum atomic E-state index is 0.0919. The average Bonchev–Trinajstić information content (AvgIpc) is 3.35. The van der Waals surface area contributed by atoms with E-state index in [-0.39, 0.29) is 12.1 Å². The Labute approximate surface area is 233 Å². The van der Waals surface area contributed by atoms with Crippen molar-refractivity contribution in [3.8, 4) is 0 Å². The molecule has 0 N–H and O–H groups in total. The fourth-order valence-electron chi connectivity index (χ4n) is 5.88. The monoisotopic (exact) mass is 500 g/mol. The van der Waals surface area contributed by atoms with Gasteiger partial charge in [-0.1, -0.05) is 183 Å². The summed E-state index contributed by atoms with van der Waals surface area (Å²) in [5.74, 6) is 0. The van der Waals surface area contributed by atoms with Crippen LogP contribution in [0.1, 0.15) is 48.6 Å². The van der Waals surface area contributed by atoms with Gasteiger partial charge in [0.1, 0.15) is 0 Å². The van der Waals surface area contributed by atoms with Gasteiger partial charge in [-0.15, -0.1) is 0 Å². The van der Waals surface area contributed by atoms with E-state index in [1.54, 1.807) is 0 Å². The highest BCUT2D eigenvalue weighted by molar-refractivity contribution is 7.08. The van der Waals surface area contributed by atoms with Crippen LogP contribution in [0.2, 0.25) is 0 Å². The van der Waals surface area contributed by atoms with Gasteiger partial charge in [0.05, 0.1) is 0 Å². The molecule has 0 nitrogen and oxygen atoms in total. The highest BCUT2D eigenvalue weighted by atomic mass is 14.3. The molecule has 0 atom stereocenters. The van der Waals surface area contributed by atoms with Crippen LogP contribution in [0, 0.1) is 0 Å². The van der Waals surface area contributed by atoms with Gasteiger partial charge in [0.25, 0.3) is 0 Å². The predicted molar refractivity (Wildman–Crippen MR) is 170 cm³/mol. The molecule has 1 aliphatic rings. The van der Waals surface area contributed by atoms with Gasteiger partial charge in [-0.3, -0.25) is 0 Å². The SMILES string of the molecule is CC(C)(C)c1ccc(B2C(c3ccccc3)=C(c3ccccc3)C(c3ccccc3)=C2c2ccccc2)cc1. The van der Waals surface area contributed by atoms with Crippen molar-refractivity contribution >= 4 is 34.3 Å². The Morgan fingerprint density at radius 3 is 1.05 bits per heavy atom. The molecule has 0 aromatic heterocycles. The smallest absolute Gasteiger partial charge is 0.0685 e. The highest BCUT2D eigenvalue weighted by Gasteiger charge is 2.40. The molecular weight excluding hydrogens is 467 g/mol. The topological polar surface area (TPSA) is 0 Å². The molecule has 188 valence electrons. The van der Waals surface area contributed by atoms with Crippen LogP contribution in [0.3, 0.4) is 0 Å². The van der Waals surface area contributed by atoms with Gasteiger partial charge >= 0.3 is 0 Å². The average molecular weight is 500 g/mol. The zero-order valence-electron chi connectivity index (χ0n) is 22.9. The first-order valence-electron chi connectivity index (χ1n) is 13.8. The van der Waals surface area contributed by atoms with E-state index in [2.05, 4.69) is 166 Å². The first kappa shape index (κ1) is 25.0. The van der Waals surface area contributed by atoms with Crippen molar-refractivity contribution in [2.24, 2.45) is 0 Å². The third-order valence-corrected chi connectivity index (χ3v) is 7.77. The van der Waals surface area contributed by atoms with Gasteiger partial charge in [0.2, 0.25) is 6.71 Å². The summed E-state index contributed by atoms with van der Waals surface area (Å²) in [4.78, 5) is 0. The van der Waals surface area contributed by atoms with Crippen LogP contribution in [0.25, 0.3) is 22.1 Å². The normalized spacial score (nSPS) is 13.8. The zero-order valence-corrected chi connectivity index (χ0v) is 22.9. The number of benzene rings is 5. The van der Waals surface area contributed by atoms with Crippen molar-refractivity contribution in [2.75, 3.05) is 0 Å². The third kappa shape index (κ3) is 4.82. The van der Waals surface area contributed by atoms with Crippen LogP contribution in [0.15, 0.2) is 146 Å². The third-order valence-electron chi connectivity index (χ3n) is 7.77. The van der Waals surface area contributed by atoms with Crippen molar-refractivity contribution in [2.45, 2.75) is 26.2 Å². The van der Waals surface area contributed by atoms with Gasteiger partial charge < -0.3 is 0 Å². The number of rotatable bonds is 5. The Morgan fingerprint density at radius 2 is 0.718 bits per heavy atom. The molecular formula is C38H33B. The molecule has 39 heavy (non-hydrogen) atoms. The summed E-state index contributed by atoms with van der Waals surface area (Å²) in [5.41, 5.74) is 13.2. The van der Waals surface area contributed by atoms with Crippen molar-refractivity contribution in [1.29, 1.82) is 0 Å². The molecule has 0 aliphatic carbocycles. The molecule has 1 heterocycles. The van der Waals surface area contributed by atoms with E-state index in [9.17, 15) is 0 Å². The molecule has 0 unspecified atom stereocenters. The predicted octanol–water partition coefficient (Wildman–Crippen LogP) is 9.00. The molecule has 0 bridgehead atoms. The lowest BCUT2D eigenvalue weighted by Crippen LogP contribution is -2.32.